The number of hydrogen-bond donors (Lipinski definition) is 2. The van der Waals surface area contributed by atoms with Crippen molar-refractivity contribution in [2.75, 3.05) is 6.61 Å². The first-order valence-corrected chi connectivity index (χ1v) is 8.20. The summed E-state index contributed by atoms with van der Waals surface area (Å²) >= 11 is 0. The van der Waals surface area contributed by atoms with Crippen LogP contribution in [0.4, 0.5) is 5.69 Å². The minimum atomic E-state index is -0.946. The number of carbonyl (C=O) groups is 1. The smallest absolute Gasteiger partial charge is 0.269 e. The molecule has 1 aliphatic carbocycles. The number of ether oxygens (including phenoxy) is 1. The molecule has 3 atom stereocenters. The minimum absolute atomic E-state index is 0. The van der Waals surface area contributed by atoms with E-state index in [2.05, 4.69) is 5.32 Å². The molecule has 0 bridgehead atoms. The fraction of sp³-hybridized carbons (Fsp3) is 0.588. The Morgan fingerprint density at radius 1 is 1.40 bits per heavy atom. The SMILES string of the molecule is CC1(C)C2OCCCC2C1(N)C(=O)NCc1ccc([N+](=O)[O-])cc1.Cl. The Bertz CT molecular complexity index is 664. The lowest BCUT2D eigenvalue weighted by molar-refractivity contribution is -0.384. The molecule has 138 valence electrons. The first-order valence-electron chi connectivity index (χ1n) is 8.20. The van der Waals surface area contributed by atoms with Crippen LogP contribution in [0.2, 0.25) is 0 Å². The summed E-state index contributed by atoms with van der Waals surface area (Å²) in [5, 5.41) is 13.6. The van der Waals surface area contributed by atoms with Crippen molar-refractivity contribution in [2.45, 2.75) is 44.9 Å². The van der Waals surface area contributed by atoms with Crippen molar-refractivity contribution < 1.29 is 14.5 Å². The number of benzene rings is 1. The van der Waals surface area contributed by atoms with E-state index < -0.39 is 15.9 Å². The number of amides is 1. The second kappa shape index (κ2) is 6.90. The van der Waals surface area contributed by atoms with Gasteiger partial charge in [-0.15, -0.1) is 12.4 Å². The summed E-state index contributed by atoms with van der Waals surface area (Å²) < 4.78 is 5.81. The Balaban J connectivity index is 0.00000225. The van der Waals surface area contributed by atoms with E-state index in [1.807, 2.05) is 13.8 Å². The molecule has 2 fully saturated rings. The summed E-state index contributed by atoms with van der Waals surface area (Å²) in [6.07, 6.45) is 1.85. The van der Waals surface area contributed by atoms with Crippen LogP contribution in [0.3, 0.4) is 0 Å². The lowest BCUT2D eigenvalue weighted by atomic mass is 9.46. The zero-order valence-corrected chi connectivity index (χ0v) is 15.2. The average Bonchev–Trinajstić information content (AvgIpc) is 2.59. The molecule has 1 aromatic rings. The molecule has 3 unspecified atom stereocenters. The largest absolute Gasteiger partial charge is 0.377 e. The van der Waals surface area contributed by atoms with Gasteiger partial charge >= 0.3 is 0 Å². The number of nitro groups is 1. The maximum absolute atomic E-state index is 12.8. The van der Waals surface area contributed by atoms with Crippen LogP contribution in [0.25, 0.3) is 0 Å². The normalized spacial score (nSPS) is 29.6. The van der Waals surface area contributed by atoms with Crippen molar-refractivity contribution in [1.29, 1.82) is 0 Å². The number of fused-ring (bicyclic) bond motifs is 1. The zero-order valence-electron chi connectivity index (χ0n) is 14.4. The van der Waals surface area contributed by atoms with Gasteiger partial charge in [-0.25, -0.2) is 0 Å². The van der Waals surface area contributed by atoms with Gasteiger partial charge in [-0.2, -0.15) is 0 Å². The molecule has 3 rings (SSSR count). The highest BCUT2D eigenvalue weighted by atomic mass is 35.5. The van der Waals surface area contributed by atoms with Gasteiger partial charge in [-0.3, -0.25) is 14.9 Å². The fourth-order valence-corrected chi connectivity index (χ4v) is 4.10. The summed E-state index contributed by atoms with van der Waals surface area (Å²) in [6.45, 7) is 4.98. The number of nitro benzene ring substituents is 1. The number of carbonyl (C=O) groups excluding carboxylic acids is 1. The molecule has 3 N–H and O–H groups in total. The first-order chi connectivity index (χ1) is 11.3. The lowest BCUT2D eigenvalue weighted by Gasteiger charge is -2.65. The number of halogens is 1. The van der Waals surface area contributed by atoms with Crippen LogP contribution in [0.1, 0.15) is 32.3 Å². The van der Waals surface area contributed by atoms with Gasteiger partial charge in [0.15, 0.2) is 0 Å². The van der Waals surface area contributed by atoms with Crippen molar-refractivity contribution in [1.82, 2.24) is 5.32 Å². The maximum atomic E-state index is 12.8. The Morgan fingerprint density at radius 2 is 2.04 bits per heavy atom. The van der Waals surface area contributed by atoms with E-state index in [1.54, 1.807) is 12.1 Å². The van der Waals surface area contributed by atoms with Crippen LogP contribution in [-0.2, 0) is 16.1 Å². The predicted octanol–water partition coefficient (Wildman–Crippen LogP) is 2.17. The van der Waals surface area contributed by atoms with Gasteiger partial charge in [0.25, 0.3) is 5.69 Å². The summed E-state index contributed by atoms with van der Waals surface area (Å²) in [5.41, 5.74) is 5.99. The number of nitrogens with zero attached hydrogens (tertiary/aromatic N) is 1. The van der Waals surface area contributed by atoms with Crippen LogP contribution in [0.15, 0.2) is 24.3 Å². The van der Waals surface area contributed by atoms with Crippen molar-refractivity contribution in [3.8, 4) is 0 Å². The highest BCUT2D eigenvalue weighted by Crippen LogP contribution is 2.57. The van der Waals surface area contributed by atoms with Crippen LogP contribution in [0, 0.1) is 21.4 Å². The van der Waals surface area contributed by atoms with Crippen LogP contribution in [-0.4, -0.2) is 29.1 Å². The fourth-order valence-electron chi connectivity index (χ4n) is 4.10. The van der Waals surface area contributed by atoms with Gasteiger partial charge < -0.3 is 15.8 Å². The Hall–Kier alpha value is -1.70. The Kier molecular flexibility index (Phi) is 5.41. The van der Waals surface area contributed by atoms with Gasteiger partial charge in [-0.1, -0.05) is 26.0 Å². The van der Waals surface area contributed by atoms with Gasteiger partial charge in [0, 0.05) is 36.6 Å². The molecule has 25 heavy (non-hydrogen) atoms. The molecular weight excluding hydrogens is 346 g/mol. The van der Waals surface area contributed by atoms with Crippen LogP contribution in [0.5, 0.6) is 0 Å². The van der Waals surface area contributed by atoms with Gasteiger partial charge in [-0.05, 0) is 18.4 Å². The summed E-state index contributed by atoms with van der Waals surface area (Å²) in [6, 6.07) is 6.13. The molecule has 0 radical (unpaired) electrons. The molecule has 1 aromatic carbocycles. The molecule has 1 amide bonds. The lowest BCUT2D eigenvalue weighted by Crippen LogP contribution is -2.82. The molecular formula is C17H24ClN3O4. The monoisotopic (exact) mass is 369 g/mol. The summed E-state index contributed by atoms with van der Waals surface area (Å²) in [5.74, 6) is -0.143. The van der Waals surface area contributed by atoms with E-state index in [9.17, 15) is 14.9 Å². The van der Waals surface area contributed by atoms with Crippen molar-refractivity contribution in [3.63, 3.8) is 0 Å². The van der Waals surface area contributed by atoms with Gasteiger partial charge in [0.1, 0.15) is 5.54 Å². The molecule has 1 saturated carbocycles. The van der Waals surface area contributed by atoms with E-state index in [0.717, 1.165) is 25.0 Å². The average molecular weight is 370 g/mol. The number of non-ortho nitro benzene ring substituents is 1. The van der Waals surface area contributed by atoms with Crippen molar-refractivity contribution >= 4 is 24.0 Å². The summed E-state index contributed by atoms with van der Waals surface area (Å²) in [7, 11) is 0. The maximum Gasteiger partial charge on any atom is 0.269 e. The van der Waals surface area contributed by atoms with E-state index in [4.69, 9.17) is 10.5 Å². The Morgan fingerprint density at radius 3 is 2.64 bits per heavy atom. The van der Waals surface area contributed by atoms with Crippen LogP contribution >= 0.6 is 12.4 Å². The van der Waals surface area contributed by atoms with E-state index in [0.29, 0.717) is 6.54 Å². The molecule has 1 heterocycles. The molecule has 7 nitrogen and oxygen atoms in total. The first kappa shape index (κ1) is 19.6. The van der Waals surface area contributed by atoms with Crippen LogP contribution < -0.4 is 11.1 Å². The summed E-state index contributed by atoms with van der Waals surface area (Å²) in [4.78, 5) is 23.0. The molecule has 8 heteroatoms. The number of hydrogen-bond acceptors (Lipinski definition) is 5. The standard InChI is InChI=1S/C17H23N3O4.ClH/c1-16(2)14-13(4-3-9-24-14)17(16,18)15(21)19-10-11-5-7-12(8-6-11)20(22)23;/h5-8,13-14H,3-4,9-10,18H2,1-2H3,(H,19,21);1H. The number of nitrogens with one attached hydrogen (secondary N) is 1. The topological polar surface area (TPSA) is 107 Å². The molecule has 2 aliphatic rings. The third-order valence-electron chi connectivity index (χ3n) is 5.66. The third kappa shape index (κ3) is 3.01. The predicted molar refractivity (Wildman–Crippen MR) is 95.4 cm³/mol. The highest BCUT2D eigenvalue weighted by Gasteiger charge is 2.70. The number of nitrogens with two attached hydrogens (primary N) is 1. The van der Waals surface area contributed by atoms with E-state index in [1.165, 1.54) is 12.1 Å². The second-order valence-corrected chi connectivity index (χ2v) is 7.24. The van der Waals surface area contributed by atoms with Gasteiger partial charge in [0.2, 0.25) is 5.91 Å². The van der Waals surface area contributed by atoms with Crippen molar-refractivity contribution in [3.05, 3.63) is 39.9 Å². The molecule has 0 aromatic heterocycles. The second-order valence-electron chi connectivity index (χ2n) is 7.24. The highest BCUT2D eigenvalue weighted by molar-refractivity contribution is 5.89. The quantitative estimate of drug-likeness (QED) is 0.624. The molecule has 1 saturated heterocycles. The minimum Gasteiger partial charge on any atom is -0.377 e. The van der Waals surface area contributed by atoms with Gasteiger partial charge in [0.05, 0.1) is 11.0 Å². The van der Waals surface area contributed by atoms with E-state index >= 15 is 0 Å². The zero-order chi connectivity index (χ0) is 17.5. The molecule has 0 spiro atoms. The van der Waals surface area contributed by atoms with E-state index in [-0.39, 0.29) is 36.0 Å². The van der Waals surface area contributed by atoms with Crippen molar-refractivity contribution in [2.24, 2.45) is 17.1 Å². The molecule has 1 aliphatic heterocycles. The Labute approximate surface area is 152 Å². The number of rotatable bonds is 4. The third-order valence-corrected chi connectivity index (χ3v) is 5.66.